The maximum atomic E-state index is 11.6. The molecule has 2 atom stereocenters. The second kappa shape index (κ2) is 5.39. The quantitative estimate of drug-likeness (QED) is 0.452. The molecule has 1 saturated heterocycles. The molecule has 0 spiro atoms. The van der Waals surface area contributed by atoms with Gasteiger partial charge in [-0.1, -0.05) is 0 Å². The van der Waals surface area contributed by atoms with Gasteiger partial charge in [-0.05, 0) is 12.8 Å². The molecule has 16 heavy (non-hydrogen) atoms. The van der Waals surface area contributed by atoms with Crippen molar-refractivity contribution in [2.24, 2.45) is 5.92 Å². The summed E-state index contributed by atoms with van der Waals surface area (Å²) in [5.74, 6) is -1.03. The Morgan fingerprint density at radius 1 is 1.62 bits per heavy atom. The summed E-state index contributed by atoms with van der Waals surface area (Å²) in [4.78, 5) is 44.9. The highest BCUT2D eigenvalue weighted by Gasteiger charge is 2.32. The second-order valence-electron chi connectivity index (χ2n) is 3.84. The van der Waals surface area contributed by atoms with Gasteiger partial charge in [0.25, 0.3) is 0 Å². The zero-order valence-electron chi connectivity index (χ0n) is 9.01. The van der Waals surface area contributed by atoms with Gasteiger partial charge in [-0.15, -0.1) is 0 Å². The van der Waals surface area contributed by atoms with Gasteiger partial charge in [-0.2, -0.15) is 0 Å². The largest absolute Gasteiger partial charge is 0.348 e. The molecule has 1 N–H and O–H groups in total. The fraction of sp³-hybridized carbons (Fsp3) is 0.600. The molecule has 1 rings (SSSR count). The van der Waals surface area contributed by atoms with Crippen LogP contribution in [0.5, 0.6) is 0 Å². The molecule has 0 aromatic rings. The average Bonchev–Trinajstić information content (AvgIpc) is 2.59. The van der Waals surface area contributed by atoms with E-state index >= 15 is 0 Å². The molecule has 0 bridgehead atoms. The fourth-order valence-electron chi connectivity index (χ4n) is 1.83. The minimum Gasteiger partial charge on any atom is -0.348 e. The van der Waals surface area contributed by atoms with Crippen molar-refractivity contribution in [3.05, 3.63) is 0 Å². The molecule has 1 aliphatic rings. The number of carbonyl (C=O) groups excluding carboxylic acids is 4. The number of hydrogen-bond acceptors (Lipinski definition) is 4. The van der Waals surface area contributed by atoms with Crippen LogP contribution in [0.3, 0.4) is 0 Å². The Kier molecular flexibility index (Phi) is 4.16. The molecule has 2 amide bonds. The minimum absolute atomic E-state index is 0.0450. The van der Waals surface area contributed by atoms with Crippen molar-refractivity contribution in [3.63, 3.8) is 0 Å². The van der Waals surface area contributed by atoms with Crippen molar-refractivity contribution in [1.82, 2.24) is 10.2 Å². The van der Waals surface area contributed by atoms with Gasteiger partial charge in [0.05, 0.1) is 6.04 Å². The van der Waals surface area contributed by atoms with E-state index in [9.17, 15) is 19.2 Å². The molecule has 6 nitrogen and oxygen atoms in total. The van der Waals surface area contributed by atoms with Crippen LogP contribution in [0.15, 0.2) is 0 Å². The fourth-order valence-corrected chi connectivity index (χ4v) is 1.83. The van der Waals surface area contributed by atoms with Crippen LogP contribution < -0.4 is 5.32 Å². The van der Waals surface area contributed by atoms with Crippen molar-refractivity contribution in [1.29, 1.82) is 0 Å². The van der Waals surface area contributed by atoms with Crippen LogP contribution in [0.2, 0.25) is 0 Å². The van der Waals surface area contributed by atoms with Crippen LogP contribution >= 0.6 is 0 Å². The Morgan fingerprint density at radius 2 is 2.31 bits per heavy atom. The Labute approximate surface area is 93.0 Å². The summed E-state index contributed by atoms with van der Waals surface area (Å²) in [6, 6.07) is -0.879. The lowest BCUT2D eigenvalue weighted by molar-refractivity contribution is -0.134. The van der Waals surface area contributed by atoms with E-state index in [0.717, 1.165) is 0 Å². The van der Waals surface area contributed by atoms with Gasteiger partial charge in [0.2, 0.25) is 18.1 Å². The molecular formula is C10H14N2O4. The lowest BCUT2D eigenvalue weighted by Crippen LogP contribution is -2.39. The zero-order valence-corrected chi connectivity index (χ0v) is 9.01. The summed E-state index contributed by atoms with van der Waals surface area (Å²) >= 11 is 0. The molecule has 0 saturated carbocycles. The second-order valence-corrected chi connectivity index (χ2v) is 3.84. The highest BCUT2D eigenvalue weighted by Crippen LogP contribution is 2.21. The molecule has 1 heterocycles. The van der Waals surface area contributed by atoms with E-state index in [0.29, 0.717) is 19.4 Å². The lowest BCUT2D eigenvalue weighted by atomic mass is 9.96. The van der Waals surface area contributed by atoms with E-state index < -0.39 is 11.8 Å². The van der Waals surface area contributed by atoms with E-state index in [-0.39, 0.29) is 24.5 Å². The molecule has 0 radical (unpaired) electrons. The third-order valence-electron chi connectivity index (χ3n) is 2.79. The number of aldehydes is 1. The van der Waals surface area contributed by atoms with Crippen molar-refractivity contribution in [2.75, 3.05) is 13.6 Å². The number of nitrogens with one attached hydrogen (secondary N) is 1. The summed E-state index contributed by atoms with van der Waals surface area (Å²) in [7, 11) is 1.69. The zero-order chi connectivity index (χ0) is 12.1. The number of likely N-dealkylation sites (tertiary alicyclic amines) is 1. The van der Waals surface area contributed by atoms with Crippen molar-refractivity contribution < 1.29 is 19.2 Å². The Balaban J connectivity index is 2.61. The lowest BCUT2D eigenvalue weighted by Gasteiger charge is -2.15. The van der Waals surface area contributed by atoms with E-state index in [1.54, 1.807) is 11.9 Å². The molecule has 88 valence electrons. The molecule has 0 aliphatic carbocycles. The maximum absolute atomic E-state index is 11.6. The van der Waals surface area contributed by atoms with E-state index in [1.807, 2.05) is 0 Å². The molecule has 1 fully saturated rings. The van der Waals surface area contributed by atoms with Crippen LogP contribution in [-0.2, 0) is 19.2 Å². The van der Waals surface area contributed by atoms with Crippen LogP contribution in [0, 0.1) is 5.92 Å². The maximum Gasteiger partial charge on any atom is 0.225 e. The molecule has 6 heteroatoms. The predicted molar refractivity (Wildman–Crippen MR) is 54.4 cm³/mol. The summed E-state index contributed by atoms with van der Waals surface area (Å²) in [5, 5.41) is 2.26. The number of rotatable bonds is 6. The topological polar surface area (TPSA) is 83.6 Å². The number of hydrogen-bond donors (Lipinski definition) is 1. The number of ketones is 1. The minimum atomic E-state index is -0.879. The average molecular weight is 226 g/mol. The van der Waals surface area contributed by atoms with Gasteiger partial charge in [0.1, 0.15) is 0 Å². The summed E-state index contributed by atoms with van der Waals surface area (Å²) in [6.07, 6.45) is 1.39. The third kappa shape index (κ3) is 2.65. The van der Waals surface area contributed by atoms with E-state index in [1.165, 1.54) is 0 Å². The van der Waals surface area contributed by atoms with Gasteiger partial charge in [-0.25, -0.2) is 0 Å². The van der Waals surface area contributed by atoms with E-state index in [2.05, 4.69) is 5.32 Å². The number of carbonyl (C=O) groups is 4. The monoisotopic (exact) mass is 226 g/mol. The molecule has 2 unspecified atom stereocenters. The third-order valence-corrected chi connectivity index (χ3v) is 2.79. The van der Waals surface area contributed by atoms with Crippen LogP contribution in [0.4, 0.5) is 0 Å². The first kappa shape index (κ1) is 12.4. The van der Waals surface area contributed by atoms with Crippen molar-refractivity contribution >= 4 is 24.4 Å². The van der Waals surface area contributed by atoms with Crippen molar-refractivity contribution in [2.45, 2.75) is 18.9 Å². The SMILES string of the molecule is CN1CCC(CC(NC=O)C(=O)C=O)C1=O. The number of amides is 2. The van der Waals surface area contributed by atoms with Gasteiger partial charge < -0.3 is 10.2 Å². The standard InChI is InChI=1S/C10H14N2O4/c1-12-3-2-7(10(12)16)4-8(11-6-14)9(15)5-13/h5-8H,2-4H2,1H3,(H,11,14). The molecular weight excluding hydrogens is 212 g/mol. The van der Waals surface area contributed by atoms with Gasteiger partial charge >= 0.3 is 0 Å². The smallest absolute Gasteiger partial charge is 0.225 e. The Hall–Kier alpha value is -1.72. The van der Waals surface area contributed by atoms with E-state index in [4.69, 9.17) is 0 Å². The first-order valence-electron chi connectivity index (χ1n) is 5.03. The van der Waals surface area contributed by atoms with Gasteiger partial charge in [0, 0.05) is 19.5 Å². The van der Waals surface area contributed by atoms with Crippen LogP contribution in [0.25, 0.3) is 0 Å². The van der Waals surface area contributed by atoms with Gasteiger partial charge in [-0.3, -0.25) is 19.2 Å². The number of nitrogens with zero attached hydrogens (tertiary/aromatic N) is 1. The summed E-state index contributed by atoms with van der Waals surface area (Å²) in [5.41, 5.74) is 0. The molecule has 0 aromatic carbocycles. The first-order chi connectivity index (χ1) is 7.60. The Bertz CT molecular complexity index is 316. The predicted octanol–water partition coefficient (Wildman–Crippen LogP) is -1.26. The van der Waals surface area contributed by atoms with Gasteiger partial charge in [0.15, 0.2) is 6.29 Å². The Morgan fingerprint density at radius 3 is 2.75 bits per heavy atom. The first-order valence-corrected chi connectivity index (χ1v) is 5.03. The summed E-state index contributed by atoms with van der Waals surface area (Å²) < 4.78 is 0. The molecule has 0 aromatic heterocycles. The number of Topliss-reactive ketones (excluding diaryl/α,β-unsaturated/α-hetero) is 1. The normalized spacial score (nSPS) is 21.7. The summed E-state index contributed by atoms with van der Waals surface area (Å²) in [6.45, 7) is 0.645. The molecule has 1 aliphatic heterocycles. The van der Waals surface area contributed by atoms with Crippen LogP contribution in [-0.4, -0.2) is 48.9 Å². The highest BCUT2D eigenvalue weighted by atomic mass is 16.2. The van der Waals surface area contributed by atoms with Crippen LogP contribution in [0.1, 0.15) is 12.8 Å². The highest BCUT2D eigenvalue weighted by molar-refractivity contribution is 6.27. The van der Waals surface area contributed by atoms with Crippen molar-refractivity contribution in [3.8, 4) is 0 Å².